The third-order valence-electron chi connectivity index (χ3n) is 4.12. The maximum atomic E-state index is 10.7. The fourth-order valence-electron chi connectivity index (χ4n) is 2.69. The molecule has 4 heteroatoms. The van der Waals surface area contributed by atoms with Crippen molar-refractivity contribution in [2.75, 3.05) is 5.32 Å². The molecule has 0 atom stereocenters. The van der Waals surface area contributed by atoms with E-state index in [1.54, 1.807) is 12.1 Å². The summed E-state index contributed by atoms with van der Waals surface area (Å²) in [6, 6.07) is 5.53. The van der Waals surface area contributed by atoms with Crippen LogP contribution in [0, 0.1) is 22.5 Å². The first-order valence-electron chi connectivity index (χ1n) is 6.89. The predicted molar refractivity (Wildman–Crippen MR) is 77.5 cm³/mol. The zero-order chi connectivity index (χ0) is 14.0. The Kier molecular flexibility index (Phi) is 3.78. The van der Waals surface area contributed by atoms with Gasteiger partial charge in [-0.25, -0.2) is 0 Å². The smallest absolute Gasteiger partial charge is 0.269 e. The van der Waals surface area contributed by atoms with E-state index in [9.17, 15) is 10.1 Å². The van der Waals surface area contributed by atoms with Crippen LogP contribution in [0.5, 0.6) is 0 Å². The van der Waals surface area contributed by atoms with E-state index in [1.165, 1.54) is 25.7 Å². The van der Waals surface area contributed by atoms with Crippen molar-refractivity contribution in [1.29, 1.82) is 0 Å². The standard InChI is InChI=1S/C15H22N2O2/c1-11-10-13(17(18)19)4-5-14(11)16-12-6-8-15(2,3)9-7-12/h4-5,10,12,16H,6-9H2,1-3H3. The van der Waals surface area contributed by atoms with Crippen molar-refractivity contribution in [1.82, 2.24) is 0 Å². The molecular weight excluding hydrogens is 240 g/mol. The summed E-state index contributed by atoms with van der Waals surface area (Å²) in [4.78, 5) is 10.4. The molecule has 0 heterocycles. The molecule has 4 nitrogen and oxygen atoms in total. The normalized spacial score (nSPS) is 19.1. The Morgan fingerprint density at radius 3 is 2.47 bits per heavy atom. The lowest BCUT2D eigenvalue weighted by Crippen LogP contribution is -2.30. The van der Waals surface area contributed by atoms with Gasteiger partial charge < -0.3 is 5.32 Å². The van der Waals surface area contributed by atoms with Gasteiger partial charge in [0.15, 0.2) is 0 Å². The number of hydrogen-bond acceptors (Lipinski definition) is 3. The molecule has 0 aliphatic heterocycles. The number of nitro groups is 1. The fraction of sp³-hybridized carbons (Fsp3) is 0.600. The summed E-state index contributed by atoms with van der Waals surface area (Å²) >= 11 is 0. The Hall–Kier alpha value is -1.58. The number of hydrogen-bond donors (Lipinski definition) is 1. The lowest BCUT2D eigenvalue weighted by molar-refractivity contribution is -0.384. The van der Waals surface area contributed by atoms with E-state index >= 15 is 0 Å². The van der Waals surface area contributed by atoms with Crippen LogP contribution in [0.1, 0.15) is 45.1 Å². The minimum Gasteiger partial charge on any atom is -0.382 e. The van der Waals surface area contributed by atoms with Gasteiger partial charge in [0, 0.05) is 23.9 Å². The van der Waals surface area contributed by atoms with E-state index < -0.39 is 0 Å². The van der Waals surface area contributed by atoms with E-state index in [-0.39, 0.29) is 10.6 Å². The minimum absolute atomic E-state index is 0.160. The molecule has 19 heavy (non-hydrogen) atoms. The summed E-state index contributed by atoms with van der Waals surface area (Å²) in [6.07, 6.45) is 4.81. The number of anilines is 1. The lowest BCUT2D eigenvalue weighted by atomic mass is 9.75. The van der Waals surface area contributed by atoms with Gasteiger partial charge >= 0.3 is 0 Å². The Balaban J connectivity index is 2.02. The molecule has 0 bridgehead atoms. The highest BCUT2D eigenvalue weighted by Gasteiger charge is 2.26. The van der Waals surface area contributed by atoms with Gasteiger partial charge in [0.1, 0.15) is 0 Å². The number of nitrogens with zero attached hydrogens (tertiary/aromatic N) is 1. The lowest BCUT2D eigenvalue weighted by Gasteiger charge is -2.35. The third kappa shape index (κ3) is 3.46. The average Bonchev–Trinajstić information content (AvgIpc) is 2.34. The molecule has 1 aliphatic rings. The first-order valence-corrected chi connectivity index (χ1v) is 6.89. The van der Waals surface area contributed by atoms with E-state index in [2.05, 4.69) is 19.2 Å². The van der Waals surface area contributed by atoms with Crippen LogP contribution >= 0.6 is 0 Å². The first kappa shape index (κ1) is 13.8. The van der Waals surface area contributed by atoms with Crippen LogP contribution in [-0.2, 0) is 0 Å². The Morgan fingerprint density at radius 2 is 1.95 bits per heavy atom. The monoisotopic (exact) mass is 262 g/mol. The second-order valence-corrected chi connectivity index (χ2v) is 6.34. The van der Waals surface area contributed by atoms with Crippen LogP contribution in [0.3, 0.4) is 0 Å². The molecular formula is C15H22N2O2. The van der Waals surface area contributed by atoms with Crippen molar-refractivity contribution < 1.29 is 4.92 Å². The zero-order valence-corrected chi connectivity index (χ0v) is 11.9. The SMILES string of the molecule is Cc1cc([N+](=O)[O-])ccc1NC1CCC(C)(C)CC1. The van der Waals surface area contributed by atoms with Crippen molar-refractivity contribution in [2.45, 2.75) is 52.5 Å². The van der Waals surface area contributed by atoms with E-state index in [4.69, 9.17) is 0 Å². The molecule has 0 aromatic heterocycles. The molecule has 0 saturated heterocycles. The number of rotatable bonds is 3. The predicted octanol–water partition coefficient (Wildman–Crippen LogP) is 4.28. The highest BCUT2D eigenvalue weighted by molar-refractivity contribution is 5.55. The molecule has 1 aliphatic carbocycles. The van der Waals surface area contributed by atoms with Gasteiger partial charge in [-0.2, -0.15) is 0 Å². The molecule has 104 valence electrons. The van der Waals surface area contributed by atoms with Gasteiger partial charge in [-0.15, -0.1) is 0 Å². The highest BCUT2D eigenvalue weighted by Crippen LogP contribution is 2.36. The first-order chi connectivity index (χ1) is 8.87. The summed E-state index contributed by atoms with van der Waals surface area (Å²) in [7, 11) is 0. The average molecular weight is 262 g/mol. The van der Waals surface area contributed by atoms with Crippen molar-refractivity contribution in [2.24, 2.45) is 5.41 Å². The number of non-ortho nitro benzene ring substituents is 1. The Morgan fingerprint density at radius 1 is 1.32 bits per heavy atom. The quantitative estimate of drug-likeness (QED) is 0.653. The van der Waals surface area contributed by atoms with Crippen LogP contribution in [-0.4, -0.2) is 11.0 Å². The third-order valence-corrected chi connectivity index (χ3v) is 4.12. The van der Waals surface area contributed by atoms with Gasteiger partial charge in [0.25, 0.3) is 5.69 Å². The molecule has 1 N–H and O–H groups in total. The van der Waals surface area contributed by atoms with Crippen LogP contribution < -0.4 is 5.32 Å². The van der Waals surface area contributed by atoms with Crippen molar-refractivity contribution >= 4 is 11.4 Å². The summed E-state index contributed by atoms with van der Waals surface area (Å²) in [6.45, 7) is 6.56. The summed E-state index contributed by atoms with van der Waals surface area (Å²) in [5.41, 5.74) is 2.59. The molecule has 1 fully saturated rings. The van der Waals surface area contributed by atoms with Crippen LogP contribution in [0.4, 0.5) is 11.4 Å². The van der Waals surface area contributed by atoms with Crippen LogP contribution in [0.25, 0.3) is 0 Å². The highest BCUT2D eigenvalue weighted by atomic mass is 16.6. The molecule has 1 saturated carbocycles. The minimum atomic E-state index is -0.347. The molecule has 0 unspecified atom stereocenters. The van der Waals surface area contributed by atoms with E-state index in [0.29, 0.717) is 11.5 Å². The van der Waals surface area contributed by atoms with Crippen LogP contribution in [0.15, 0.2) is 18.2 Å². The Bertz CT molecular complexity index is 473. The zero-order valence-electron chi connectivity index (χ0n) is 11.9. The molecule has 2 rings (SSSR count). The topological polar surface area (TPSA) is 55.2 Å². The largest absolute Gasteiger partial charge is 0.382 e. The molecule has 0 spiro atoms. The number of nitrogens with one attached hydrogen (secondary N) is 1. The van der Waals surface area contributed by atoms with Crippen molar-refractivity contribution in [3.8, 4) is 0 Å². The van der Waals surface area contributed by atoms with Gasteiger partial charge in [-0.05, 0) is 49.7 Å². The van der Waals surface area contributed by atoms with Gasteiger partial charge in [0.2, 0.25) is 0 Å². The molecule has 1 aromatic carbocycles. The maximum absolute atomic E-state index is 10.7. The Labute approximate surface area is 114 Å². The second kappa shape index (κ2) is 5.19. The van der Waals surface area contributed by atoms with Gasteiger partial charge in [-0.3, -0.25) is 10.1 Å². The van der Waals surface area contributed by atoms with Crippen LogP contribution in [0.2, 0.25) is 0 Å². The number of nitro benzene ring substituents is 1. The fourth-order valence-corrected chi connectivity index (χ4v) is 2.69. The summed E-state index contributed by atoms with van der Waals surface area (Å²) in [5, 5.41) is 14.2. The second-order valence-electron chi connectivity index (χ2n) is 6.34. The van der Waals surface area contributed by atoms with Gasteiger partial charge in [0.05, 0.1) is 4.92 Å². The molecule has 0 radical (unpaired) electrons. The van der Waals surface area contributed by atoms with Crippen molar-refractivity contribution in [3.05, 3.63) is 33.9 Å². The van der Waals surface area contributed by atoms with Crippen molar-refractivity contribution in [3.63, 3.8) is 0 Å². The summed E-state index contributed by atoms with van der Waals surface area (Å²) < 4.78 is 0. The molecule has 0 amide bonds. The number of aryl methyl sites for hydroxylation is 1. The maximum Gasteiger partial charge on any atom is 0.269 e. The number of benzene rings is 1. The van der Waals surface area contributed by atoms with E-state index in [0.717, 1.165) is 11.3 Å². The van der Waals surface area contributed by atoms with E-state index in [1.807, 2.05) is 13.0 Å². The molecule has 1 aromatic rings. The van der Waals surface area contributed by atoms with Gasteiger partial charge in [-0.1, -0.05) is 13.8 Å². The summed E-state index contributed by atoms with van der Waals surface area (Å²) in [5.74, 6) is 0.